The molecule has 0 amide bonds. The van der Waals surface area contributed by atoms with Gasteiger partial charge in [0.2, 0.25) is 0 Å². The maximum absolute atomic E-state index is 12.0. The second kappa shape index (κ2) is 8.06. The molecule has 4 nitrogen and oxygen atoms in total. The Hall–Kier alpha value is -0.610. The third-order valence-corrected chi connectivity index (χ3v) is 10.7. The summed E-state index contributed by atoms with van der Waals surface area (Å²) < 4.78 is 4.97. The number of aliphatic hydroxyl groups is 2. The minimum absolute atomic E-state index is 0.0439. The second-order valence-corrected chi connectivity index (χ2v) is 12.1. The number of aliphatic hydroxyl groups excluding tert-OH is 2. The highest BCUT2D eigenvalue weighted by Crippen LogP contribution is 2.68. The summed E-state index contributed by atoms with van der Waals surface area (Å²) in [5.41, 5.74) is 0.558. The standard InChI is InChI=1S/C26H44O4/c1-15(12-16(2)24(29)30-5)19-6-7-20-23-21(9-11-26(19,20)4)25(3)10-8-18(27)13-17(25)14-22(23)28/h15-23,27-28H,6-14H2,1-5H3/t15-,16-,17+,18-,19-,20+,21+,22-,23-,25+,26-/m1/s1. The first-order chi connectivity index (χ1) is 14.1. The molecule has 11 atom stereocenters. The molecular weight excluding hydrogens is 376 g/mol. The van der Waals surface area contributed by atoms with Crippen LogP contribution in [0.25, 0.3) is 0 Å². The molecule has 4 fully saturated rings. The van der Waals surface area contributed by atoms with Crippen molar-refractivity contribution in [2.45, 2.75) is 97.7 Å². The van der Waals surface area contributed by atoms with E-state index in [2.05, 4.69) is 20.8 Å². The van der Waals surface area contributed by atoms with E-state index in [0.29, 0.717) is 35.5 Å². The fourth-order valence-corrected chi connectivity index (χ4v) is 9.19. The van der Waals surface area contributed by atoms with Gasteiger partial charge in [0, 0.05) is 0 Å². The van der Waals surface area contributed by atoms with Gasteiger partial charge < -0.3 is 14.9 Å². The Morgan fingerprint density at radius 3 is 2.37 bits per heavy atom. The number of hydrogen-bond donors (Lipinski definition) is 2. The van der Waals surface area contributed by atoms with Gasteiger partial charge in [0.1, 0.15) is 0 Å². The van der Waals surface area contributed by atoms with Gasteiger partial charge in [-0.25, -0.2) is 0 Å². The highest BCUT2D eigenvalue weighted by atomic mass is 16.5. The van der Waals surface area contributed by atoms with Crippen molar-refractivity contribution in [3.05, 3.63) is 0 Å². The van der Waals surface area contributed by atoms with E-state index < -0.39 is 0 Å². The number of esters is 1. The fourth-order valence-electron chi connectivity index (χ4n) is 9.19. The van der Waals surface area contributed by atoms with E-state index in [1.807, 2.05) is 6.92 Å². The molecule has 0 saturated heterocycles. The van der Waals surface area contributed by atoms with Gasteiger partial charge >= 0.3 is 5.97 Å². The molecule has 0 unspecified atom stereocenters. The first kappa shape index (κ1) is 22.6. The van der Waals surface area contributed by atoms with Crippen LogP contribution in [0.15, 0.2) is 0 Å². The van der Waals surface area contributed by atoms with E-state index in [4.69, 9.17) is 4.74 Å². The van der Waals surface area contributed by atoms with Crippen molar-refractivity contribution < 1.29 is 19.7 Å². The van der Waals surface area contributed by atoms with Gasteiger partial charge in [-0.2, -0.15) is 0 Å². The molecule has 0 bridgehead atoms. The topological polar surface area (TPSA) is 66.8 Å². The third-order valence-electron chi connectivity index (χ3n) is 10.7. The van der Waals surface area contributed by atoms with E-state index in [1.165, 1.54) is 32.8 Å². The van der Waals surface area contributed by atoms with Gasteiger partial charge in [-0.1, -0.05) is 27.7 Å². The van der Waals surface area contributed by atoms with Crippen LogP contribution >= 0.6 is 0 Å². The molecule has 0 aromatic rings. The summed E-state index contributed by atoms with van der Waals surface area (Å²) in [6.07, 6.45) is 9.22. The number of fused-ring (bicyclic) bond motifs is 5. The molecule has 0 radical (unpaired) electrons. The molecular formula is C26H44O4. The van der Waals surface area contributed by atoms with Crippen LogP contribution in [0.1, 0.15) is 85.5 Å². The number of carbonyl (C=O) groups is 1. The van der Waals surface area contributed by atoms with Crippen molar-refractivity contribution in [3.63, 3.8) is 0 Å². The van der Waals surface area contributed by atoms with Crippen LogP contribution < -0.4 is 0 Å². The Morgan fingerprint density at radius 2 is 1.67 bits per heavy atom. The van der Waals surface area contributed by atoms with Gasteiger partial charge in [-0.05, 0) is 104 Å². The molecule has 0 aromatic carbocycles. The molecule has 0 aliphatic heterocycles. The normalized spacial score (nSPS) is 50.0. The van der Waals surface area contributed by atoms with Crippen LogP contribution in [0.3, 0.4) is 0 Å². The molecule has 4 heteroatoms. The SMILES string of the molecule is COC(=O)[C@H](C)C[C@@H](C)[C@H]1CC[C@H]2[C@H]3[C@H](O)C[C@@H]4C[C@H](O)CC[C@]4(C)[C@H]3CC[C@]12C. The Kier molecular flexibility index (Phi) is 6.07. The summed E-state index contributed by atoms with van der Waals surface area (Å²) in [5, 5.41) is 21.6. The van der Waals surface area contributed by atoms with Crippen molar-refractivity contribution in [1.82, 2.24) is 0 Å². The first-order valence-corrected chi connectivity index (χ1v) is 12.6. The van der Waals surface area contributed by atoms with Crippen molar-refractivity contribution >= 4 is 5.97 Å². The Labute approximate surface area is 183 Å². The second-order valence-electron chi connectivity index (χ2n) is 12.1. The van der Waals surface area contributed by atoms with E-state index in [-0.39, 0.29) is 34.9 Å². The van der Waals surface area contributed by atoms with Crippen LogP contribution in [0, 0.1) is 52.3 Å². The van der Waals surface area contributed by atoms with Crippen LogP contribution in [-0.2, 0) is 9.53 Å². The number of methoxy groups -OCH3 is 1. The van der Waals surface area contributed by atoms with Crippen LogP contribution in [0.5, 0.6) is 0 Å². The largest absolute Gasteiger partial charge is 0.469 e. The zero-order valence-electron chi connectivity index (χ0n) is 19.8. The number of ether oxygens (including phenoxy) is 1. The average Bonchev–Trinajstić information content (AvgIpc) is 3.05. The van der Waals surface area contributed by atoms with Crippen LogP contribution in [0.4, 0.5) is 0 Å². The minimum atomic E-state index is -0.217. The molecule has 0 spiro atoms. The van der Waals surface area contributed by atoms with Gasteiger partial charge in [0.05, 0.1) is 25.2 Å². The Morgan fingerprint density at radius 1 is 1.00 bits per heavy atom. The fraction of sp³-hybridized carbons (Fsp3) is 0.962. The summed E-state index contributed by atoms with van der Waals surface area (Å²) >= 11 is 0. The Bertz CT molecular complexity index is 649. The maximum Gasteiger partial charge on any atom is 0.308 e. The van der Waals surface area contributed by atoms with E-state index >= 15 is 0 Å². The third kappa shape index (κ3) is 3.45. The van der Waals surface area contributed by atoms with Gasteiger partial charge in [0.15, 0.2) is 0 Å². The number of hydrogen-bond acceptors (Lipinski definition) is 4. The lowest BCUT2D eigenvalue weighted by atomic mass is 9.43. The van der Waals surface area contributed by atoms with Gasteiger partial charge in [-0.15, -0.1) is 0 Å². The summed E-state index contributed by atoms with van der Waals surface area (Å²) in [4.78, 5) is 12.0. The molecule has 4 aliphatic carbocycles. The molecule has 0 heterocycles. The number of rotatable bonds is 4. The summed E-state index contributed by atoms with van der Waals surface area (Å²) in [6.45, 7) is 9.30. The molecule has 2 N–H and O–H groups in total. The predicted molar refractivity (Wildman–Crippen MR) is 118 cm³/mol. The minimum Gasteiger partial charge on any atom is -0.469 e. The highest BCUT2D eigenvalue weighted by molar-refractivity contribution is 5.71. The first-order valence-electron chi connectivity index (χ1n) is 12.6. The summed E-state index contributed by atoms with van der Waals surface area (Å²) in [6, 6.07) is 0. The average molecular weight is 421 g/mol. The lowest BCUT2D eigenvalue weighted by molar-refractivity contribution is -0.174. The summed E-state index contributed by atoms with van der Waals surface area (Å²) in [7, 11) is 1.49. The zero-order chi connectivity index (χ0) is 21.8. The molecule has 172 valence electrons. The van der Waals surface area contributed by atoms with Crippen molar-refractivity contribution in [1.29, 1.82) is 0 Å². The molecule has 4 aliphatic rings. The zero-order valence-corrected chi connectivity index (χ0v) is 19.8. The quantitative estimate of drug-likeness (QED) is 0.640. The lowest BCUT2D eigenvalue weighted by Crippen LogP contribution is -2.58. The van der Waals surface area contributed by atoms with Gasteiger partial charge in [0.25, 0.3) is 0 Å². The Balaban J connectivity index is 1.53. The lowest BCUT2D eigenvalue weighted by Gasteiger charge is -2.62. The smallest absolute Gasteiger partial charge is 0.308 e. The van der Waals surface area contributed by atoms with Gasteiger partial charge in [-0.3, -0.25) is 4.79 Å². The predicted octanol–water partition coefficient (Wildman–Crippen LogP) is 4.81. The molecule has 4 saturated carbocycles. The van der Waals surface area contributed by atoms with Crippen molar-refractivity contribution in [2.24, 2.45) is 52.3 Å². The van der Waals surface area contributed by atoms with E-state index in [1.54, 1.807) is 0 Å². The van der Waals surface area contributed by atoms with Crippen LogP contribution in [0.2, 0.25) is 0 Å². The summed E-state index contributed by atoms with van der Waals surface area (Å²) in [5.74, 6) is 3.07. The maximum atomic E-state index is 12.0. The van der Waals surface area contributed by atoms with Crippen molar-refractivity contribution in [2.75, 3.05) is 7.11 Å². The molecule has 4 rings (SSSR count). The van der Waals surface area contributed by atoms with E-state index in [9.17, 15) is 15.0 Å². The monoisotopic (exact) mass is 420 g/mol. The van der Waals surface area contributed by atoms with Crippen LogP contribution in [-0.4, -0.2) is 35.5 Å². The molecule has 0 aromatic heterocycles. The number of carbonyl (C=O) groups excluding carboxylic acids is 1. The van der Waals surface area contributed by atoms with E-state index in [0.717, 1.165) is 32.1 Å². The highest BCUT2D eigenvalue weighted by Gasteiger charge is 2.62. The van der Waals surface area contributed by atoms with Crippen molar-refractivity contribution in [3.8, 4) is 0 Å². The molecule has 30 heavy (non-hydrogen) atoms.